The molecule has 5 heteroatoms. The molecular formula is C22H32O5. The van der Waals surface area contributed by atoms with Crippen LogP contribution in [0.5, 0.6) is 0 Å². The molecule has 150 valence electrons. The van der Waals surface area contributed by atoms with Gasteiger partial charge in [0.25, 0.3) is 0 Å². The number of ketones is 1. The molecule has 0 amide bonds. The summed E-state index contributed by atoms with van der Waals surface area (Å²) in [6.07, 6.45) is 2.35. The van der Waals surface area contributed by atoms with Crippen molar-refractivity contribution in [3.63, 3.8) is 0 Å². The lowest BCUT2D eigenvalue weighted by Crippen LogP contribution is -2.50. The molecule has 1 atom stereocenters. The minimum atomic E-state index is -1.11. The van der Waals surface area contributed by atoms with E-state index >= 15 is 0 Å². The molecule has 1 aliphatic carbocycles. The maximum Gasteiger partial charge on any atom is 0.328 e. The Morgan fingerprint density at radius 2 is 1.85 bits per heavy atom. The van der Waals surface area contributed by atoms with Crippen LogP contribution >= 0.6 is 0 Å². The molecule has 0 aromatic rings. The van der Waals surface area contributed by atoms with Crippen molar-refractivity contribution in [2.75, 3.05) is 6.61 Å². The summed E-state index contributed by atoms with van der Waals surface area (Å²) in [6.45, 7) is 13.2. The van der Waals surface area contributed by atoms with E-state index in [1.807, 2.05) is 41.5 Å². The van der Waals surface area contributed by atoms with Gasteiger partial charge in [0.15, 0.2) is 5.78 Å². The Bertz CT molecular complexity index is 726. The highest BCUT2D eigenvalue weighted by molar-refractivity contribution is 6.02. The molecule has 0 aromatic heterocycles. The fraction of sp³-hybridized carbons (Fsp3) is 0.636. The number of aliphatic hydroxyl groups is 1. The van der Waals surface area contributed by atoms with Crippen molar-refractivity contribution in [1.82, 2.24) is 0 Å². The van der Waals surface area contributed by atoms with Gasteiger partial charge in [0.1, 0.15) is 5.60 Å². The van der Waals surface area contributed by atoms with E-state index in [1.165, 1.54) is 0 Å². The standard InChI is InChI=1S/C22H32O5/c1-8-22(26,9-2)11-10-17-16(4)21(7,20(5,6)13-18(17)23)27-14-15(3)12-19(24)25/h12,26H,8-9,13-14H2,1-7H3,(H,24,25)/b15-12-/t21-/m1/s1. The molecule has 27 heavy (non-hydrogen) atoms. The van der Waals surface area contributed by atoms with E-state index < -0.39 is 22.6 Å². The number of aliphatic carboxylic acids is 1. The number of carbonyl (C=O) groups excluding carboxylic acids is 1. The summed E-state index contributed by atoms with van der Waals surface area (Å²) in [6, 6.07) is 0. The van der Waals surface area contributed by atoms with Crippen molar-refractivity contribution < 1.29 is 24.5 Å². The van der Waals surface area contributed by atoms with Gasteiger partial charge in [-0.15, -0.1) is 0 Å². The average molecular weight is 376 g/mol. The van der Waals surface area contributed by atoms with Crippen LogP contribution in [0.3, 0.4) is 0 Å². The molecule has 0 radical (unpaired) electrons. The summed E-state index contributed by atoms with van der Waals surface area (Å²) in [5.74, 6) is 4.71. The third kappa shape index (κ3) is 5.09. The zero-order valence-corrected chi connectivity index (χ0v) is 17.5. The van der Waals surface area contributed by atoms with Crippen molar-refractivity contribution in [2.45, 2.75) is 78.9 Å². The third-order valence-corrected chi connectivity index (χ3v) is 5.81. The molecular weight excluding hydrogens is 344 g/mol. The van der Waals surface area contributed by atoms with E-state index in [1.54, 1.807) is 6.92 Å². The molecule has 2 N–H and O–H groups in total. The van der Waals surface area contributed by atoms with Gasteiger partial charge in [-0.25, -0.2) is 4.79 Å². The second-order valence-electron chi connectivity index (χ2n) is 8.12. The van der Waals surface area contributed by atoms with Crippen LogP contribution in [0.25, 0.3) is 0 Å². The number of hydrogen-bond donors (Lipinski definition) is 2. The van der Waals surface area contributed by atoms with Crippen LogP contribution < -0.4 is 0 Å². The van der Waals surface area contributed by atoms with Crippen LogP contribution in [-0.4, -0.2) is 39.8 Å². The summed E-state index contributed by atoms with van der Waals surface area (Å²) in [5.41, 5.74) is -0.684. The number of allylic oxidation sites excluding steroid dienone is 1. The first-order chi connectivity index (χ1) is 12.3. The summed E-state index contributed by atoms with van der Waals surface area (Å²) in [4.78, 5) is 23.5. The van der Waals surface area contributed by atoms with Gasteiger partial charge < -0.3 is 14.9 Å². The maximum atomic E-state index is 12.7. The molecule has 0 saturated carbocycles. The Morgan fingerprint density at radius 3 is 2.33 bits per heavy atom. The van der Waals surface area contributed by atoms with Crippen molar-refractivity contribution in [2.24, 2.45) is 5.41 Å². The third-order valence-electron chi connectivity index (χ3n) is 5.81. The minimum Gasteiger partial charge on any atom is -0.478 e. The number of carbonyl (C=O) groups is 2. The van der Waals surface area contributed by atoms with E-state index in [0.717, 1.165) is 6.08 Å². The quantitative estimate of drug-likeness (QED) is 0.546. The summed E-state index contributed by atoms with van der Waals surface area (Å²) in [5, 5.41) is 19.3. The second-order valence-corrected chi connectivity index (χ2v) is 8.12. The Hall–Kier alpha value is -1.90. The van der Waals surface area contributed by atoms with Gasteiger partial charge in [-0.1, -0.05) is 39.5 Å². The first-order valence-corrected chi connectivity index (χ1v) is 9.36. The lowest BCUT2D eigenvalue weighted by molar-refractivity contribution is -0.131. The van der Waals surface area contributed by atoms with Crippen molar-refractivity contribution in [3.05, 3.63) is 22.8 Å². The molecule has 5 nitrogen and oxygen atoms in total. The monoisotopic (exact) mass is 376 g/mol. The normalized spacial score (nSPS) is 23.1. The number of rotatable bonds is 6. The van der Waals surface area contributed by atoms with E-state index in [-0.39, 0.29) is 18.8 Å². The van der Waals surface area contributed by atoms with E-state index in [2.05, 4.69) is 11.8 Å². The molecule has 0 aliphatic heterocycles. The highest BCUT2D eigenvalue weighted by Crippen LogP contribution is 2.47. The Morgan fingerprint density at radius 1 is 1.30 bits per heavy atom. The fourth-order valence-electron chi connectivity index (χ4n) is 3.20. The number of ether oxygens (including phenoxy) is 1. The molecule has 0 aromatic carbocycles. The van der Waals surface area contributed by atoms with Crippen molar-refractivity contribution in [1.29, 1.82) is 0 Å². The van der Waals surface area contributed by atoms with Crippen molar-refractivity contribution in [3.8, 4) is 11.8 Å². The van der Waals surface area contributed by atoms with Gasteiger partial charge in [0.05, 0.1) is 17.8 Å². The van der Waals surface area contributed by atoms with Gasteiger partial charge in [0.2, 0.25) is 0 Å². The zero-order valence-electron chi connectivity index (χ0n) is 17.5. The Balaban J connectivity index is 3.36. The summed E-state index contributed by atoms with van der Waals surface area (Å²) >= 11 is 0. The molecule has 0 saturated heterocycles. The van der Waals surface area contributed by atoms with Crippen LogP contribution in [0.15, 0.2) is 22.8 Å². The van der Waals surface area contributed by atoms with Gasteiger partial charge in [-0.3, -0.25) is 4.79 Å². The molecule has 0 bridgehead atoms. The fourth-order valence-corrected chi connectivity index (χ4v) is 3.20. The average Bonchev–Trinajstić information content (AvgIpc) is 2.57. The Kier molecular flexibility index (Phi) is 7.21. The summed E-state index contributed by atoms with van der Waals surface area (Å²) < 4.78 is 6.15. The molecule has 1 aliphatic rings. The van der Waals surface area contributed by atoms with Gasteiger partial charge >= 0.3 is 5.97 Å². The van der Waals surface area contributed by atoms with E-state index in [0.29, 0.717) is 29.6 Å². The summed E-state index contributed by atoms with van der Waals surface area (Å²) in [7, 11) is 0. The number of Topliss-reactive ketones (excluding diaryl/α,β-unsaturated/α-hetero) is 1. The lowest BCUT2D eigenvalue weighted by atomic mass is 9.63. The number of hydrogen-bond acceptors (Lipinski definition) is 4. The van der Waals surface area contributed by atoms with Crippen molar-refractivity contribution >= 4 is 11.8 Å². The van der Waals surface area contributed by atoms with Gasteiger partial charge in [-0.05, 0) is 44.8 Å². The molecule has 0 spiro atoms. The SMILES string of the molecule is CCC(O)(C#CC1=C(C)[C@@](C)(OC/C(C)=C\C(=O)O)C(C)(C)CC1=O)CC. The topological polar surface area (TPSA) is 83.8 Å². The number of carboxylic acids is 1. The second kappa shape index (κ2) is 8.41. The minimum absolute atomic E-state index is 0.0570. The predicted molar refractivity (Wildman–Crippen MR) is 105 cm³/mol. The van der Waals surface area contributed by atoms with Gasteiger partial charge in [-0.2, -0.15) is 0 Å². The van der Waals surface area contributed by atoms with Crippen LogP contribution in [0, 0.1) is 17.3 Å². The maximum absolute atomic E-state index is 12.7. The first-order valence-electron chi connectivity index (χ1n) is 9.36. The number of carboxylic acid groups (broad SMARTS) is 1. The molecule has 0 fully saturated rings. The van der Waals surface area contributed by atoms with E-state index in [4.69, 9.17) is 9.84 Å². The largest absolute Gasteiger partial charge is 0.478 e. The van der Waals surface area contributed by atoms with Crippen LogP contribution in [0.4, 0.5) is 0 Å². The molecule has 0 heterocycles. The van der Waals surface area contributed by atoms with E-state index in [9.17, 15) is 14.7 Å². The zero-order chi connectivity index (χ0) is 21.0. The molecule has 0 unspecified atom stereocenters. The van der Waals surface area contributed by atoms with Crippen LogP contribution in [0.1, 0.15) is 67.7 Å². The highest BCUT2D eigenvalue weighted by atomic mass is 16.5. The van der Waals surface area contributed by atoms with Gasteiger partial charge in [0, 0.05) is 17.9 Å². The smallest absolute Gasteiger partial charge is 0.328 e. The first kappa shape index (κ1) is 23.1. The Labute approximate surface area is 162 Å². The molecule has 1 rings (SSSR count). The lowest BCUT2D eigenvalue weighted by Gasteiger charge is -2.48. The highest BCUT2D eigenvalue weighted by Gasteiger charge is 2.49. The van der Waals surface area contributed by atoms with Crippen LogP contribution in [-0.2, 0) is 14.3 Å². The van der Waals surface area contributed by atoms with Crippen LogP contribution in [0.2, 0.25) is 0 Å². The predicted octanol–water partition coefficient (Wildman–Crippen LogP) is 3.66.